The lowest BCUT2D eigenvalue weighted by molar-refractivity contribution is -0.175. The SMILES string of the molecule is C=C(C)C(OC(=O)C(=[N+]=[N-])c1ccccc1)OC(=O)C(=[N+]=[N-])c1ccccc1. The van der Waals surface area contributed by atoms with Gasteiger partial charge in [-0.15, -0.1) is 0 Å². The highest BCUT2D eigenvalue weighted by Crippen LogP contribution is 2.11. The highest BCUT2D eigenvalue weighted by Gasteiger charge is 2.33. The maximum atomic E-state index is 12.4. The normalized spacial score (nSPS) is 10.6. The number of carbonyl (C=O) groups is 2. The van der Waals surface area contributed by atoms with Crippen molar-refractivity contribution in [2.75, 3.05) is 0 Å². The average molecular weight is 376 g/mol. The first-order valence-electron chi connectivity index (χ1n) is 8.10. The second kappa shape index (κ2) is 9.54. The molecule has 0 heterocycles. The van der Waals surface area contributed by atoms with E-state index < -0.39 is 18.2 Å². The van der Waals surface area contributed by atoms with Crippen molar-refractivity contribution in [1.29, 1.82) is 0 Å². The van der Waals surface area contributed by atoms with Crippen LogP contribution in [0.4, 0.5) is 0 Å². The number of nitrogens with zero attached hydrogens (tertiary/aromatic N) is 4. The number of ether oxygens (including phenoxy) is 2. The molecule has 0 aliphatic heterocycles. The molecule has 8 nitrogen and oxygen atoms in total. The van der Waals surface area contributed by atoms with Gasteiger partial charge in [-0.3, -0.25) is 0 Å². The molecule has 28 heavy (non-hydrogen) atoms. The van der Waals surface area contributed by atoms with E-state index in [1.165, 1.54) is 6.92 Å². The average Bonchev–Trinajstić information content (AvgIpc) is 2.70. The third-order valence-corrected chi connectivity index (χ3v) is 3.51. The highest BCUT2D eigenvalue weighted by atomic mass is 16.7. The van der Waals surface area contributed by atoms with Gasteiger partial charge in [0.1, 0.15) is 0 Å². The van der Waals surface area contributed by atoms with Crippen molar-refractivity contribution in [2.24, 2.45) is 0 Å². The van der Waals surface area contributed by atoms with Gasteiger partial charge in [-0.2, -0.15) is 9.58 Å². The predicted octanol–water partition coefficient (Wildman–Crippen LogP) is 2.41. The van der Waals surface area contributed by atoms with Crippen molar-refractivity contribution in [3.63, 3.8) is 0 Å². The number of benzene rings is 2. The van der Waals surface area contributed by atoms with E-state index in [2.05, 4.69) is 16.2 Å². The first-order chi connectivity index (χ1) is 13.5. The second-order valence-corrected chi connectivity index (χ2v) is 5.62. The Bertz CT molecular complexity index is 914. The van der Waals surface area contributed by atoms with Gasteiger partial charge in [0.2, 0.25) is 0 Å². The summed E-state index contributed by atoms with van der Waals surface area (Å²) in [5.74, 6) is -2.06. The molecule has 0 fully saturated rings. The van der Waals surface area contributed by atoms with E-state index in [4.69, 9.17) is 20.5 Å². The first kappa shape index (κ1) is 20.2. The number of rotatable bonds is 7. The molecule has 0 radical (unpaired) electrons. The van der Waals surface area contributed by atoms with E-state index in [1.54, 1.807) is 60.7 Å². The highest BCUT2D eigenvalue weighted by molar-refractivity contribution is 6.41. The van der Waals surface area contributed by atoms with Crippen molar-refractivity contribution in [2.45, 2.75) is 13.2 Å². The summed E-state index contributed by atoms with van der Waals surface area (Å²) in [5, 5.41) is 0. The number of hydrogen-bond acceptors (Lipinski definition) is 4. The molecular weight excluding hydrogens is 360 g/mol. The molecule has 2 rings (SSSR count). The van der Waals surface area contributed by atoms with Crippen LogP contribution in [0, 0.1) is 0 Å². The molecule has 2 aromatic carbocycles. The van der Waals surface area contributed by atoms with Crippen LogP contribution in [0.1, 0.15) is 18.1 Å². The van der Waals surface area contributed by atoms with Crippen molar-refractivity contribution in [1.82, 2.24) is 0 Å². The summed E-state index contributed by atoms with van der Waals surface area (Å²) in [6, 6.07) is 16.2. The van der Waals surface area contributed by atoms with Crippen molar-refractivity contribution >= 4 is 23.4 Å². The number of esters is 2. The van der Waals surface area contributed by atoms with Crippen LogP contribution in [0.3, 0.4) is 0 Å². The lowest BCUT2D eigenvalue weighted by Crippen LogP contribution is -2.32. The Hall–Kier alpha value is -4.12. The summed E-state index contributed by atoms with van der Waals surface area (Å²) in [6.45, 7) is 5.09. The maximum absolute atomic E-state index is 12.4. The lowest BCUT2D eigenvalue weighted by Gasteiger charge is -2.16. The van der Waals surface area contributed by atoms with Crippen LogP contribution < -0.4 is 0 Å². The fourth-order valence-electron chi connectivity index (χ4n) is 2.16. The molecule has 8 heteroatoms. The van der Waals surface area contributed by atoms with E-state index in [9.17, 15) is 9.59 Å². The Labute approximate surface area is 160 Å². The fraction of sp³-hybridized carbons (Fsp3) is 0.100. The van der Waals surface area contributed by atoms with E-state index in [-0.39, 0.29) is 17.0 Å². The van der Waals surface area contributed by atoms with Gasteiger partial charge in [0.15, 0.2) is 0 Å². The van der Waals surface area contributed by atoms with Gasteiger partial charge in [0, 0.05) is 5.57 Å². The molecule has 0 aromatic heterocycles. The number of hydrogen-bond donors (Lipinski definition) is 0. The number of carbonyl (C=O) groups excluding carboxylic acids is 2. The Morgan fingerprint density at radius 3 is 1.46 bits per heavy atom. The largest absolute Gasteiger partial charge is 0.425 e. The van der Waals surface area contributed by atoms with E-state index in [0.29, 0.717) is 11.1 Å². The van der Waals surface area contributed by atoms with Crippen LogP contribution in [0.15, 0.2) is 72.8 Å². The Morgan fingerprint density at radius 1 is 0.821 bits per heavy atom. The van der Waals surface area contributed by atoms with Crippen LogP contribution >= 0.6 is 0 Å². The Morgan fingerprint density at radius 2 is 1.18 bits per heavy atom. The monoisotopic (exact) mass is 376 g/mol. The summed E-state index contributed by atoms with van der Waals surface area (Å²) < 4.78 is 10.2. The molecule has 0 atom stereocenters. The molecule has 0 N–H and O–H groups in total. The molecule has 0 bridgehead atoms. The molecule has 140 valence electrons. The first-order valence-corrected chi connectivity index (χ1v) is 8.10. The standard InChI is InChI=1S/C20H16N4O4/c1-13(2)20(27-18(25)16(23-21)14-9-5-3-6-10-14)28-19(26)17(24-22)15-11-7-4-8-12-15/h3-12,20H,1H2,2H3. The minimum Gasteiger partial charge on any atom is -0.412 e. The minimum atomic E-state index is -1.49. The molecule has 0 saturated carbocycles. The third kappa shape index (κ3) is 4.95. The minimum absolute atomic E-state index is 0.192. The zero-order chi connectivity index (χ0) is 20.5. The lowest BCUT2D eigenvalue weighted by atomic mass is 10.1. The molecule has 0 saturated heterocycles. The zero-order valence-electron chi connectivity index (χ0n) is 15.0. The second-order valence-electron chi connectivity index (χ2n) is 5.62. The molecule has 0 spiro atoms. The molecular formula is C20H16N4O4. The topological polar surface area (TPSA) is 125 Å². The maximum Gasteiger partial charge on any atom is 0.425 e. The van der Waals surface area contributed by atoms with E-state index in [1.807, 2.05) is 0 Å². The predicted molar refractivity (Wildman–Crippen MR) is 99.1 cm³/mol. The zero-order valence-corrected chi connectivity index (χ0v) is 15.0. The van der Waals surface area contributed by atoms with Crippen molar-refractivity contribution < 1.29 is 28.6 Å². The summed E-state index contributed by atoms with van der Waals surface area (Å²) >= 11 is 0. The van der Waals surface area contributed by atoms with Crippen molar-refractivity contribution in [3.8, 4) is 0 Å². The summed E-state index contributed by atoms with van der Waals surface area (Å²) in [5.41, 5.74) is 18.4. The van der Waals surface area contributed by atoms with Crippen LogP contribution in [0.25, 0.3) is 11.1 Å². The van der Waals surface area contributed by atoms with Crippen LogP contribution in [0.5, 0.6) is 0 Å². The Kier molecular flexibility index (Phi) is 6.88. The quantitative estimate of drug-likeness (QED) is 0.184. The molecule has 2 aromatic rings. The van der Waals surface area contributed by atoms with Gasteiger partial charge in [0.25, 0.3) is 6.29 Å². The summed E-state index contributed by atoms with van der Waals surface area (Å²) in [6.07, 6.45) is -1.49. The van der Waals surface area contributed by atoms with E-state index >= 15 is 0 Å². The third-order valence-electron chi connectivity index (χ3n) is 3.51. The van der Waals surface area contributed by atoms with Gasteiger partial charge >= 0.3 is 23.4 Å². The van der Waals surface area contributed by atoms with Crippen LogP contribution in [0.2, 0.25) is 0 Å². The molecule has 0 unspecified atom stereocenters. The fourth-order valence-corrected chi connectivity index (χ4v) is 2.16. The van der Waals surface area contributed by atoms with Gasteiger partial charge in [0.05, 0.1) is 11.1 Å². The van der Waals surface area contributed by atoms with Crippen LogP contribution in [-0.4, -0.2) is 39.2 Å². The molecule has 0 aliphatic rings. The van der Waals surface area contributed by atoms with Crippen LogP contribution in [-0.2, 0) is 19.1 Å². The van der Waals surface area contributed by atoms with Crippen molar-refractivity contribution in [3.05, 3.63) is 95.0 Å². The van der Waals surface area contributed by atoms with Gasteiger partial charge in [-0.25, -0.2) is 9.59 Å². The molecule has 0 aliphatic carbocycles. The van der Waals surface area contributed by atoms with Gasteiger partial charge < -0.3 is 20.5 Å². The molecule has 0 amide bonds. The summed E-state index contributed by atoms with van der Waals surface area (Å²) in [7, 11) is 0. The van der Waals surface area contributed by atoms with E-state index in [0.717, 1.165) is 0 Å². The smallest absolute Gasteiger partial charge is 0.412 e. The van der Waals surface area contributed by atoms with Gasteiger partial charge in [-0.1, -0.05) is 43.0 Å². The Balaban J connectivity index is 2.18. The van der Waals surface area contributed by atoms with Gasteiger partial charge in [-0.05, 0) is 31.2 Å². The summed E-state index contributed by atoms with van der Waals surface area (Å²) in [4.78, 5) is 30.6.